The van der Waals surface area contributed by atoms with Crippen molar-refractivity contribution in [1.29, 1.82) is 0 Å². The van der Waals surface area contributed by atoms with E-state index in [1.165, 1.54) is 0 Å². The van der Waals surface area contributed by atoms with Gasteiger partial charge in [-0.3, -0.25) is 4.79 Å². The Morgan fingerprint density at radius 1 is 1.00 bits per heavy atom. The molecule has 0 saturated carbocycles. The second kappa shape index (κ2) is 9.18. The molecule has 6 heteroatoms. The number of likely N-dealkylation sites (N-methyl/N-ethyl adjacent to an activating group) is 1. The van der Waals surface area contributed by atoms with Crippen molar-refractivity contribution in [3.8, 4) is 11.5 Å². The highest BCUT2D eigenvalue weighted by atomic mass is 16.5. The van der Waals surface area contributed by atoms with Crippen molar-refractivity contribution >= 4 is 11.6 Å². The summed E-state index contributed by atoms with van der Waals surface area (Å²) in [4.78, 5) is 17.7. The van der Waals surface area contributed by atoms with Crippen molar-refractivity contribution in [2.75, 3.05) is 52.3 Å². The molecule has 0 spiro atoms. The molecule has 1 atom stereocenters. The Morgan fingerprint density at radius 2 is 1.69 bits per heavy atom. The molecule has 1 heterocycles. The van der Waals surface area contributed by atoms with Gasteiger partial charge in [-0.2, -0.15) is 0 Å². The van der Waals surface area contributed by atoms with Gasteiger partial charge < -0.3 is 24.6 Å². The van der Waals surface area contributed by atoms with Crippen LogP contribution in [0.4, 0.5) is 5.69 Å². The zero-order valence-electron chi connectivity index (χ0n) is 18.0. The number of piperazine rings is 1. The fourth-order valence-corrected chi connectivity index (χ4v) is 3.60. The monoisotopic (exact) mass is 397 g/mol. The normalized spacial score (nSPS) is 15.7. The van der Waals surface area contributed by atoms with Crippen molar-refractivity contribution in [3.63, 3.8) is 0 Å². The molecule has 0 bridgehead atoms. The van der Waals surface area contributed by atoms with E-state index in [4.69, 9.17) is 9.47 Å². The molecule has 1 aliphatic rings. The van der Waals surface area contributed by atoms with Gasteiger partial charge in [0.25, 0.3) is 5.91 Å². The number of hydrogen-bond acceptors (Lipinski definition) is 5. The minimum absolute atomic E-state index is 0.0687. The summed E-state index contributed by atoms with van der Waals surface area (Å²) in [6, 6.07) is 11.7. The Balaban J connectivity index is 1.75. The van der Waals surface area contributed by atoms with Crippen LogP contribution in [-0.2, 0) is 0 Å². The first-order valence-electron chi connectivity index (χ1n) is 10.00. The maximum absolute atomic E-state index is 13.0. The van der Waals surface area contributed by atoms with Gasteiger partial charge in [-0.05, 0) is 56.3 Å². The largest absolute Gasteiger partial charge is 0.493 e. The van der Waals surface area contributed by atoms with E-state index in [1.54, 1.807) is 14.2 Å². The van der Waals surface area contributed by atoms with E-state index >= 15 is 0 Å². The maximum Gasteiger partial charge on any atom is 0.252 e. The molecule has 29 heavy (non-hydrogen) atoms. The molecule has 3 rings (SSSR count). The third-order valence-corrected chi connectivity index (χ3v) is 5.59. The molecule has 1 fully saturated rings. The highest BCUT2D eigenvalue weighted by Gasteiger charge is 2.19. The number of anilines is 1. The second-order valence-electron chi connectivity index (χ2n) is 7.60. The van der Waals surface area contributed by atoms with E-state index < -0.39 is 0 Å². The number of nitrogens with one attached hydrogen (secondary N) is 1. The summed E-state index contributed by atoms with van der Waals surface area (Å²) in [5, 5.41) is 3.12. The minimum Gasteiger partial charge on any atom is -0.493 e. The van der Waals surface area contributed by atoms with Gasteiger partial charge >= 0.3 is 0 Å². The molecule has 2 aromatic rings. The number of ether oxygens (including phenoxy) is 2. The summed E-state index contributed by atoms with van der Waals surface area (Å²) in [5.41, 5.74) is 3.75. The number of benzene rings is 2. The zero-order chi connectivity index (χ0) is 21.0. The first-order valence-corrected chi connectivity index (χ1v) is 10.00. The molecular formula is C23H31N3O3. The lowest BCUT2D eigenvalue weighted by atomic mass is 10.0. The minimum atomic E-state index is -0.158. The molecule has 1 amide bonds. The van der Waals surface area contributed by atoms with Crippen LogP contribution in [-0.4, -0.2) is 58.3 Å². The van der Waals surface area contributed by atoms with Crippen LogP contribution in [0.1, 0.15) is 34.5 Å². The Labute approximate surface area is 173 Å². The smallest absolute Gasteiger partial charge is 0.252 e. The molecule has 0 unspecified atom stereocenters. The van der Waals surface area contributed by atoms with Crippen molar-refractivity contribution in [1.82, 2.24) is 10.2 Å². The average molecular weight is 398 g/mol. The Kier molecular flexibility index (Phi) is 6.64. The lowest BCUT2D eigenvalue weighted by Crippen LogP contribution is -2.44. The van der Waals surface area contributed by atoms with Gasteiger partial charge in [-0.1, -0.05) is 12.1 Å². The molecule has 1 N–H and O–H groups in total. The Hall–Kier alpha value is -2.73. The molecule has 0 radical (unpaired) electrons. The third kappa shape index (κ3) is 4.82. The number of aryl methyl sites for hydroxylation is 1. The summed E-state index contributed by atoms with van der Waals surface area (Å²) in [7, 11) is 5.36. The van der Waals surface area contributed by atoms with Crippen molar-refractivity contribution < 1.29 is 14.3 Å². The molecule has 2 aromatic carbocycles. The van der Waals surface area contributed by atoms with E-state index in [2.05, 4.69) is 28.2 Å². The summed E-state index contributed by atoms with van der Waals surface area (Å²) >= 11 is 0. The van der Waals surface area contributed by atoms with Crippen LogP contribution in [0.3, 0.4) is 0 Å². The Morgan fingerprint density at radius 3 is 2.34 bits per heavy atom. The standard InChI is InChI=1S/C23H31N3O3/c1-16-6-8-19(26-12-10-25(3)11-13-26)15-20(16)23(27)24-17(2)18-7-9-21(28-4)22(14-18)29-5/h6-9,14-15,17H,10-13H2,1-5H3,(H,24,27)/t17-/m1/s1. The van der Waals surface area contributed by atoms with Crippen LogP contribution >= 0.6 is 0 Å². The first-order chi connectivity index (χ1) is 13.9. The fourth-order valence-electron chi connectivity index (χ4n) is 3.60. The number of hydrogen-bond donors (Lipinski definition) is 1. The number of rotatable bonds is 6. The van der Waals surface area contributed by atoms with Gasteiger partial charge in [0, 0.05) is 37.4 Å². The summed E-state index contributed by atoms with van der Waals surface area (Å²) in [5.74, 6) is 1.26. The lowest BCUT2D eigenvalue weighted by molar-refractivity contribution is 0.0939. The predicted octanol–water partition coefficient (Wildman–Crippen LogP) is 3.26. The van der Waals surface area contributed by atoms with Gasteiger partial charge in [0.15, 0.2) is 11.5 Å². The van der Waals surface area contributed by atoms with Crippen LogP contribution in [0.2, 0.25) is 0 Å². The van der Waals surface area contributed by atoms with Gasteiger partial charge in [-0.25, -0.2) is 0 Å². The van der Waals surface area contributed by atoms with E-state index in [0.717, 1.165) is 43.0 Å². The van der Waals surface area contributed by atoms with Crippen molar-refractivity contribution in [2.24, 2.45) is 0 Å². The number of amides is 1. The maximum atomic E-state index is 13.0. The SMILES string of the molecule is COc1ccc([C@@H](C)NC(=O)c2cc(N3CCN(C)CC3)ccc2C)cc1OC. The van der Waals surface area contributed by atoms with E-state index in [9.17, 15) is 4.79 Å². The fraction of sp³-hybridized carbons (Fsp3) is 0.435. The predicted molar refractivity (Wildman–Crippen MR) is 116 cm³/mol. The highest BCUT2D eigenvalue weighted by Crippen LogP contribution is 2.30. The van der Waals surface area contributed by atoms with E-state index in [0.29, 0.717) is 17.1 Å². The molecule has 156 valence electrons. The summed E-state index contributed by atoms with van der Waals surface area (Å²) in [6.45, 7) is 7.96. The van der Waals surface area contributed by atoms with Crippen LogP contribution in [0, 0.1) is 6.92 Å². The van der Waals surface area contributed by atoms with Crippen LogP contribution in [0.5, 0.6) is 11.5 Å². The van der Waals surface area contributed by atoms with Gasteiger partial charge in [0.1, 0.15) is 0 Å². The summed E-state index contributed by atoms with van der Waals surface area (Å²) < 4.78 is 10.7. The number of methoxy groups -OCH3 is 2. The van der Waals surface area contributed by atoms with Gasteiger partial charge in [0.05, 0.1) is 20.3 Å². The lowest BCUT2D eigenvalue weighted by Gasteiger charge is -2.34. The number of carbonyl (C=O) groups is 1. The average Bonchev–Trinajstić information content (AvgIpc) is 2.74. The van der Waals surface area contributed by atoms with Crippen LogP contribution in [0.15, 0.2) is 36.4 Å². The second-order valence-corrected chi connectivity index (χ2v) is 7.60. The van der Waals surface area contributed by atoms with Gasteiger partial charge in [-0.15, -0.1) is 0 Å². The molecule has 1 aliphatic heterocycles. The zero-order valence-corrected chi connectivity index (χ0v) is 18.0. The quantitative estimate of drug-likeness (QED) is 0.811. The highest BCUT2D eigenvalue weighted by molar-refractivity contribution is 5.96. The van der Waals surface area contributed by atoms with Gasteiger partial charge in [0.2, 0.25) is 0 Å². The van der Waals surface area contributed by atoms with Crippen LogP contribution < -0.4 is 19.7 Å². The van der Waals surface area contributed by atoms with Crippen LogP contribution in [0.25, 0.3) is 0 Å². The number of nitrogens with zero attached hydrogens (tertiary/aromatic N) is 2. The van der Waals surface area contributed by atoms with E-state index in [1.807, 2.05) is 44.2 Å². The molecule has 6 nitrogen and oxygen atoms in total. The first kappa shape index (κ1) is 21.0. The molecule has 0 aliphatic carbocycles. The number of carbonyl (C=O) groups excluding carboxylic acids is 1. The molecule has 1 saturated heterocycles. The topological polar surface area (TPSA) is 54.0 Å². The third-order valence-electron chi connectivity index (χ3n) is 5.59. The summed E-state index contributed by atoms with van der Waals surface area (Å²) in [6.07, 6.45) is 0. The molecular weight excluding hydrogens is 366 g/mol. The Bertz CT molecular complexity index is 860. The molecule has 0 aromatic heterocycles. The van der Waals surface area contributed by atoms with Crippen molar-refractivity contribution in [3.05, 3.63) is 53.1 Å². The van der Waals surface area contributed by atoms with E-state index in [-0.39, 0.29) is 11.9 Å². The van der Waals surface area contributed by atoms with Crippen molar-refractivity contribution in [2.45, 2.75) is 19.9 Å².